The lowest BCUT2D eigenvalue weighted by molar-refractivity contribution is 1.13. The first-order valence-electron chi connectivity index (χ1n) is 5.19. The molecule has 1 nitrogen and oxygen atoms in total. The van der Waals surface area contributed by atoms with Gasteiger partial charge in [0.15, 0.2) is 0 Å². The van der Waals surface area contributed by atoms with E-state index in [0.717, 1.165) is 36.2 Å². The van der Waals surface area contributed by atoms with Crippen molar-refractivity contribution in [2.75, 3.05) is 5.32 Å². The summed E-state index contributed by atoms with van der Waals surface area (Å²) in [6.45, 7) is 0.734. The van der Waals surface area contributed by atoms with Gasteiger partial charge in [0.25, 0.3) is 0 Å². The van der Waals surface area contributed by atoms with Crippen LogP contribution in [-0.2, 0) is 6.54 Å². The number of nitrogens with one attached hydrogen (secondary N) is 1. The monoisotopic (exact) mass is 451 g/mol. The van der Waals surface area contributed by atoms with Crippen molar-refractivity contribution in [3.05, 3.63) is 60.4 Å². The van der Waals surface area contributed by atoms with Crippen molar-refractivity contribution in [3.63, 3.8) is 0 Å². The molecule has 1 N–H and O–H groups in total. The van der Waals surface area contributed by atoms with Crippen molar-refractivity contribution in [1.82, 2.24) is 0 Å². The maximum atomic E-state index is 5.91. The van der Waals surface area contributed by atoms with Gasteiger partial charge in [0.05, 0.1) is 0 Å². The molecule has 0 aliphatic rings. The Hall–Kier alpha value is -0.0300. The van der Waals surface area contributed by atoms with E-state index in [1.54, 1.807) is 0 Å². The number of anilines is 1. The van der Waals surface area contributed by atoms with Crippen molar-refractivity contribution >= 4 is 65.1 Å². The van der Waals surface area contributed by atoms with Crippen molar-refractivity contribution < 1.29 is 0 Å². The minimum absolute atomic E-state index is 0.732. The maximum Gasteiger partial charge on any atom is 0.0488 e. The zero-order chi connectivity index (χ0) is 13.1. The van der Waals surface area contributed by atoms with E-state index in [1.165, 1.54) is 0 Å². The van der Waals surface area contributed by atoms with E-state index in [-0.39, 0.29) is 0 Å². The Balaban J connectivity index is 2.11. The fraction of sp³-hybridized carbons (Fsp3) is 0.0769. The first kappa shape index (κ1) is 14.4. The first-order chi connectivity index (χ1) is 8.56. The third-order valence-electron chi connectivity index (χ3n) is 2.42. The molecule has 2 aromatic carbocycles. The largest absolute Gasteiger partial charge is 0.380 e. The van der Waals surface area contributed by atoms with Crippen LogP contribution in [0.25, 0.3) is 0 Å². The number of hydrogen-bond donors (Lipinski definition) is 1. The summed E-state index contributed by atoms with van der Waals surface area (Å²) in [5.74, 6) is 0. The molecule has 0 aromatic heterocycles. The van der Waals surface area contributed by atoms with Crippen LogP contribution in [0, 0.1) is 0 Å². The van der Waals surface area contributed by atoms with Crippen molar-refractivity contribution in [2.24, 2.45) is 0 Å². The average molecular weight is 454 g/mol. The summed E-state index contributed by atoms with van der Waals surface area (Å²) in [7, 11) is 0. The summed E-state index contributed by atoms with van der Waals surface area (Å²) in [4.78, 5) is 0. The van der Waals surface area contributed by atoms with Gasteiger partial charge in [-0.2, -0.15) is 0 Å². The van der Waals surface area contributed by atoms with Crippen LogP contribution < -0.4 is 5.32 Å². The molecule has 0 aliphatic heterocycles. The molecule has 0 unspecified atom stereocenters. The van der Waals surface area contributed by atoms with Crippen LogP contribution >= 0.6 is 59.4 Å². The van der Waals surface area contributed by atoms with Crippen LogP contribution in [0.15, 0.2) is 49.8 Å². The first-order valence-corrected chi connectivity index (χ1v) is 7.95. The highest BCUT2D eigenvalue weighted by Crippen LogP contribution is 2.28. The van der Waals surface area contributed by atoms with Crippen LogP contribution in [-0.4, -0.2) is 0 Å². The third kappa shape index (κ3) is 3.73. The van der Waals surface area contributed by atoms with Gasteiger partial charge < -0.3 is 5.32 Å². The lowest BCUT2D eigenvalue weighted by atomic mass is 10.2. The average Bonchev–Trinajstić information content (AvgIpc) is 2.30. The highest BCUT2D eigenvalue weighted by Gasteiger charge is 2.03. The summed E-state index contributed by atoms with van der Waals surface area (Å²) < 4.78 is 3.09. The minimum atomic E-state index is 0.732. The molecule has 0 fully saturated rings. The van der Waals surface area contributed by atoms with Crippen LogP contribution in [0.4, 0.5) is 5.69 Å². The van der Waals surface area contributed by atoms with E-state index < -0.39 is 0 Å². The van der Waals surface area contributed by atoms with Gasteiger partial charge in [0, 0.05) is 30.7 Å². The molecule has 94 valence electrons. The molecule has 0 spiro atoms. The lowest BCUT2D eigenvalue weighted by Gasteiger charge is -2.10. The minimum Gasteiger partial charge on any atom is -0.380 e. The van der Waals surface area contributed by atoms with Crippen LogP contribution in [0.3, 0.4) is 0 Å². The normalized spacial score (nSPS) is 10.4. The summed E-state index contributed by atoms with van der Waals surface area (Å²) in [6, 6.07) is 11.8. The molecule has 5 heteroatoms. The third-order valence-corrected chi connectivity index (χ3v) is 4.54. The van der Waals surface area contributed by atoms with E-state index in [9.17, 15) is 0 Å². The second kappa shape index (κ2) is 6.42. The van der Waals surface area contributed by atoms with Gasteiger partial charge in [-0.05, 0) is 51.8 Å². The second-order valence-corrected chi connectivity index (χ2v) is 6.77. The summed E-state index contributed by atoms with van der Waals surface area (Å²) in [5.41, 5.74) is 2.22. The molecule has 0 saturated carbocycles. The van der Waals surface area contributed by atoms with E-state index in [4.69, 9.17) is 11.6 Å². The standard InChI is InChI=1S/C13H9Br3ClN/c14-9-2-4-13(12(16)5-9)18-7-8-1-3-10(17)6-11(8)15/h1-6,18H,7H2. The smallest absolute Gasteiger partial charge is 0.0488 e. The number of rotatable bonds is 3. The topological polar surface area (TPSA) is 12.0 Å². The van der Waals surface area contributed by atoms with E-state index in [1.807, 2.05) is 36.4 Å². The van der Waals surface area contributed by atoms with Gasteiger partial charge >= 0.3 is 0 Å². The van der Waals surface area contributed by atoms with Gasteiger partial charge in [-0.15, -0.1) is 0 Å². The maximum absolute atomic E-state index is 5.91. The fourth-order valence-electron chi connectivity index (χ4n) is 1.49. The van der Waals surface area contributed by atoms with Crippen LogP contribution in [0.5, 0.6) is 0 Å². The summed E-state index contributed by atoms with van der Waals surface area (Å²) >= 11 is 16.4. The summed E-state index contributed by atoms with van der Waals surface area (Å²) in [5, 5.41) is 4.11. The van der Waals surface area contributed by atoms with Gasteiger partial charge in [0.2, 0.25) is 0 Å². The predicted molar refractivity (Wildman–Crippen MR) is 88.3 cm³/mol. The van der Waals surface area contributed by atoms with Crippen molar-refractivity contribution in [3.8, 4) is 0 Å². The molecule has 0 aliphatic carbocycles. The van der Waals surface area contributed by atoms with E-state index >= 15 is 0 Å². The van der Waals surface area contributed by atoms with Crippen molar-refractivity contribution in [1.29, 1.82) is 0 Å². The van der Waals surface area contributed by atoms with Gasteiger partial charge in [-0.3, -0.25) is 0 Å². The van der Waals surface area contributed by atoms with E-state index in [0.29, 0.717) is 0 Å². The predicted octanol–water partition coefficient (Wildman–Crippen LogP) is 6.24. The molecule has 2 rings (SSSR count). The number of halogens is 4. The van der Waals surface area contributed by atoms with Crippen LogP contribution in [0.1, 0.15) is 5.56 Å². The fourth-order valence-corrected chi connectivity index (χ4v) is 3.50. The highest BCUT2D eigenvalue weighted by molar-refractivity contribution is 9.11. The Bertz CT molecular complexity index is 521. The Labute approximate surface area is 136 Å². The Kier molecular flexibility index (Phi) is 5.13. The Morgan fingerprint density at radius 3 is 2.39 bits per heavy atom. The van der Waals surface area contributed by atoms with Gasteiger partial charge in [0.1, 0.15) is 0 Å². The zero-order valence-corrected chi connectivity index (χ0v) is 14.7. The molecule has 0 amide bonds. The Morgan fingerprint density at radius 1 is 0.944 bits per heavy atom. The van der Waals surface area contributed by atoms with Gasteiger partial charge in [-0.1, -0.05) is 49.5 Å². The molecular weight excluding hydrogens is 445 g/mol. The Morgan fingerprint density at radius 2 is 1.72 bits per heavy atom. The number of hydrogen-bond acceptors (Lipinski definition) is 1. The SMILES string of the molecule is Clc1ccc(CNc2ccc(Br)cc2Br)c(Br)c1. The van der Waals surface area contributed by atoms with E-state index in [2.05, 4.69) is 53.1 Å². The quantitative estimate of drug-likeness (QED) is 0.579. The zero-order valence-electron chi connectivity index (χ0n) is 9.18. The molecular formula is C13H9Br3ClN. The molecule has 2 aromatic rings. The molecule has 0 radical (unpaired) electrons. The van der Waals surface area contributed by atoms with Crippen molar-refractivity contribution in [2.45, 2.75) is 6.54 Å². The molecule has 0 atom stereocenters. The lowest BCUT2D eigenvalue weighted by Crippen LogP contribution is -2.00. The van der Waals surface area contributed by atoms with Crippen LogP contribution in [0.2, 0.25) is 5.02 Å². The molecule has 0 heterocycles. The van der Waals surface area contributed by atoms with Gasteiger partial charge in [-0.25, -0.2) is 0 Å². The molecule has 0 saturated heterocycles. The summed E-state index contributed by atoms with van der Waals surface area (Å²) in [6.07, 6.45) is 0. The molecule has 18 heavy (non-hydrogen) atoms. The number of benzene rings is 2. The highest BCUT2D eigenvalue weighted by atomic mass is 79.9. The molecule has 0 bridgehead atoms. The second-order valence-electron chi connectivity index (χ2n) is 3.71.